The second-order valence-electron chi connectivity index (χ2n) is 4.97. The zero-order valence-electron chi connectivity index (χ0n) is 11.2. The topological polar surface area (TPSA) is 80.0 Å². The van der Waals surface area contributed by atoms with Gasteiger partial charge in [0.15, 0.2) is 0 Å². The van der Waals surface area contributed by atoms with Crippen molar-refractivity contribution in [1.82, 2.24) is 4.98 Å². The number of nitrogens with one attached hydrogen (secondary N) is 2. The van der Waals surface area contributed by atoms with E-state index in [2.05, 4.69) is 15.6 Å². The van der Waals surface area contributed by atoms with Gasteiger partial charge in [-0.2, -0.15) is 0 Å². The standard InChI is InChI=1S/C15H16N4O/c1-9(10-3-2-4-17-8-10)18-14-7-13-11(5-12(14)16)6-15(20)19-13/h2-5,7-9,18H,6,16H2,1H3,(H,19,20). The SMILES string of the molecule is CC(Nc1cc2c(cc1N)CC(=O)N2)c1cccnc1. The van der Waals surface area contributed by atoms with Crippen LogP contribution in [0.4, 0.5) is 17.1 Å². The Morgan fingerprint density at radius 3 is 3.05 bits per heavy atom. The van der Waals surface area contributed by atoms with Crippen LogP contribution in [0.1, 0.15) is 24.1 Å². The number of hydrogen-bond donors (Lipinski definition) is 3. The molecule has 0 radical (unpaired) electrons. The minimum atomic E-state index is 0.0110. The van der Waals surface area contributed by atoms with Crippen molar-refractivity contribution in [2.75, 3.05) is 16.4 Å². The lowest BCUT2D eigenvalue weighted by molar-refractivity contribution is -0.115. The highest BCUT2D eigenvalue weighted by Gasteiger charge is 2.19. The minimum Gasteiger partial charge on any atom is -0.397 e. The molecule has 0 aliphatic carbocycles. The van der Waals surface area contributed by atoms with Crippen molar-refractivity contribution in [3.05, 3.63) is 47.8 Å². The number of benzene rings is 1. The summed E-state index contributed by atoms with van der Waals surface area (Å²) < 4.78 is 0. The number of hydrogen-bond acceptors (Lipinski definition) is 4. The third kappa shape index (κ3) is 2.30. The van der Waals surface area contributed by atoms with Crippen molar-refractivity contribution in [3.63, 3.8) is 0 Å². The van der Waals surface area contributed by atoms with E-state index in [1.807, 2.05) is 37.4 Å². The number of pyridine rings is 1. The molecule has 1 aliphatic heterocycles. The van der Waals surface area contributed by atoms with Crippen LogP contribution in [0, 0.1) is 0 Å². The van der Waals surface area contributed by atoms with Gasteiger partial charge in [0.2, 0.25) is 5.91 Å². The second kappa shape index (κ2) is 4.85. The molecule has 2 heterocycles. The van der Waals surface area contributed by atoms with Crippen LogP contribution in [0.15, 0.2) is 36.7 Å². The van der Waals surface area contributed by atoms with E-state index in [9.17, 15) is 4.79 Å². The Balaban J connectivity index is 1.85. The quantitative estimate of drug-likeness (QED) is 0.746. The summed E-state index contributed by atoms with van der Waals surface area (Å²) in [6, 6.07) is 7.74. The molecule has 5 nitrogen and oxygen atoms in total. The van der Waals surface area contributed by atoms with Crippen molar-refractivity contribution in [1.29, 1.82) is 0 Å². The van der Waals surface area contributed by atoms with Gasteiger partial charge < -0.3 is 16.4 Å². The van der Waals surface area contributed by atoms with Crippen molar-refractivity contribution >= 4 is 23.0 Å². The highest BCUT2D eigenvalue weighted by atomic mass is 16.1. The first-order valence-corrected chi connectivity index (χ1v) is 6.52. The van der Waals surface area contributed by atoms with Crippen LogP contribution in [0.2, 0.25) is 0 Å². The van der Waals surface area contributed by atoms with Gasteiger partial charge in [0.1, 0.15) is 0 Å². The summed E-state index contributed by atoms with van der Waals surface area (Å²) in [7, 11) is 0. The van der Waals surface area contributed by atoms with Gasteiger partial charge in [-0.05, 0) is 36.2 Å². The lowest BCUT2D eigenvalue weighted by Crippen LogP contribution is -2.09. The molecule has 2 aromatic rings. The third-order valence-corrected chi connectivity index (χ3v) is 3.46. The van der Waals surface area contributed by atoms with Crippen molar-refractivity contribution < 1.29 is 4.79 Å². The Morgan fingerprint density at radius 2 is 2.30 bits per heavy atom. The maximum absolute atomic E-state index is 11.4. The number of amides is 1. The number of nitrogens with zero attached hydrogens (tertiary/aromatic N) is 1. The van der Waals surface area contributed by atoms with Gasteiger partial charge >= 0.3 is 0 Å². The first-order chi connectivity index (χ1) is 9.63. The number of rotatable bonds is 3. The van der Waals surface area contributed by atoms with Gasteiger partial charge in [0, 0.05) is 18.1 Å². The molecule has 20 heavy (non-hydrogen) atoms. The zero-order chi connectivity index (χ0) is 14.1. The largest absolute Gasteiger partial charge is 0.397 e. The average molecular weight is 268 g/mol. The molecule has 4 N–H and O–H groups in total. The van der Waals surface area contributed by atoms with E-state index in [1.165, 1.54) is 0 Å². The molecule has 1 aromatic heterocycles. The fourth-order valence-corrected chi connectivity index (χ4v) is 2.37. The Kier molecular flexibility index (Phi) is 3.02. The van der Waals surface area contributed by atoms with Gasteiger partial charge in [-0.25, -0.2) is 0 Å². The minimum absolute atomic E-state index is 0.0110. The molecule has 0 bridgehead atoms. The Labute approximate surface area is 117 Å². The van der Waals surface area contributed by atoms with Crippen LogP contribution in [0.5, 0.6) is 0 Å². The normalized spacial score (nSPS) is 14.6. The van der Waals surface area contributed by atoms with Crippen LogP contribution < -0.4 is 16.4 Å². The summed E-state index contributed by atoms with van der Waals surface area (Å²) >= 11 is 0. The summed E-state index contributed by atoms with van der Waals surface area (Å²) in [5.41, 5.74) is 10.4. The number of aromatic nitrogens is 1. The predicted octanol–water partition coefficient (Wildman–Crippen LogP) is 2.33. The van der Waals surface area contributed by atoms with Gasteiger partial charge in [-0.15, -0.1) is 0 Å². The number of carbonyl (C=O) groups is 1. The molecule has 5 heteroatoms. The van der Waals surface area contributed by atoms with Gasteiger partial charge in [0.05, 0.1) is 23.8 Å². The molecular formula is C15H16N4O. The number of fused-ring (bicyclic) bond motifs is 1. The second-order valence-corrected chi connectivity index (χ2v) is 4.97. The summed E-state index contributed by atoms with van der Waals surface area (Å²) in [5.74, 6) is 0.0110. The summed E-state index contributed by atoms with van der Waals surface area (Å²) in [4.78, 5) is 15.5. The molecule has 1 aromatic carbocycles. The summed E-state index contributed by atoms with van der Waals surface area (Å²) in [6.07, 6.45) is 3.97. The van der Waals surface area contributed by atoms with Gasteiger partial charge in [-0.1, -0.05) is 6.07 Å². The molecule has 0 spiro atoms. The first kappa shape index (κ1) is 12.5. The molecule has 1 aliphatic rings. The lowest BCUT2D eigenvalue weighted by Gasteiger charge is -2.17. The van der Waals surface area contributed by atoms with E-state index < -0.39 is 0 Å². The Hall–Kier alpha value is -2.56. The number of anilines is 3. The van der Waals surface area contributed by atoms with Crippen LogP contribution in [-0.2, 0) is 11.2 Å². The van der Waals surface area contributed by atoms with Crippen LogP contribution >= 0.6 is 0 Å². The molecule has 1 atom stereocenters. The maximum atomic E-state index is 11.4. The molecule has 102 valence electrons. The number of carbonyl (C=O) groups excluding carboxylic acids is 1. The van der Waals surface area contributed by atoms with Crippen LogP contribution in [0.25, 0.3) is 0 Å². The molecule has 0 saturated heterocycles. The van der Waals surface area contributed by atoms with E-state index in [0.717, 1.165) is 22.5 Å². The fraction of sp³-hybridized carbons (Fsp3) is 0.200. The number of nitrogen functional groups attached to an aromatic ring is 1. The fourth-order valence-electron chi connectivity index (χ4n) is 2.37. The highest BCUT2D eigenvalue weighted by Crippen LogP contribution is 2.33. The molecular weight excluding hydrogens is 252 g/mol. The monoisotopic (exact) mass is 268 g/mol. The highest BCUT2D eigenvalue weighted by molar-refractivity contribution is 6.00. The van der Waals surface area contributed by atoms with Crippen molar-refractivity contribution in [3.8, 4) is 0 Å². The first-order valence-electron chi connectivity index (χ1n) is 6.52. The smallest absolute Gasteiger partial charge is 0.228 e. The van der Waals surface area contributed by atoms with Crippen LogP contribution in [-0.4, -0.2) is 10.9 Å². The van der Waals surface area contributed by atoms with E-state index in [1.54, 1.807) is 6.20 Å². The lowest BCUT2D eigenvalue weighted by atomic mass is 10.1. The molecule has 1 unspecified atom stereocenters. The van der Waals surface area contributed by atoms with Crippen LogP contribution in [0.3, 0.4) is 0 Å². The van der Waals surface area contributed by atoms with E-state index >= 15 is 0 Å². The Bertz CT molecular complexity index is 654. The maximum Gasteiger partial charge on any atom is 0.228 e. The predicted molar refractivity (Wildman–Crippen MR) is 79.5 cm³/mol. The number of nitrogens with two attached hydrogens (primary N) is 1. The average Bonchev–Trinajstić information content (AvgIpc) is 2.79. The molecule has 1 amide bonds. The zero-order valence-corrected chi connectivity index (χ0v) is 11.2. The summed E-state index contributed by atoms with van der Waals surface area (Å²) in [6.45, 7) is 2.04. The molecule has 3 rings (SSSR count). The summed E-state index contributed by atoms with van der Waals surface area (Å²) in [5, 5.41) is 6.19. The Morgan fingerprint density at radius 1 is 1.45 bits per heavy atom. The van der Waals surface area contributed by atoms with E-state index in [0.29, 0.717) is 12.1 Å². The van der Waals surface area contributed by atoms with Crippen molar-refractivity contribution in [2.24, 2.45) is 0 Å². The molecule has 0 saturated carbocycles. The van der Waals surface area contributed by atoms with E-state index in [4.69, 9.17) is 5.73 Å². The molecule has 0 fully saturated rings. The third-order valence-electron chi connectivity index (χ3n) is 3.46. The van der Waals surface area contributed by atoms with Gasteiger partial charge in [-0.3, -0.25) is 9.78 Å². The van der Waals surface area contributed by atoms with Crippen molar-refractivity contribution in [2.45, 2.75) is 19.4 Å². The van der Waals surface area contributed by atoms with Gasteiger partial charge in [0.25, 0.3) is 0 Å². The van der Waals surface area contributed by atoms with E-state index in [-0.39, 0.29) is 11.9 Å².